The SMILES string of the molecule is COC1(NCC(=O)O)CN([C@@H]2O[C@H](CO)[C@@H](O)[C@H]2O)C(=O)NC1=O. The summed E-state index contributed by atoms with van der Waals surface area (Å²) < 4.78 is 10.3. The van der Waals surface area contributed by atoms with Crippen molar-refractivity contribution < 1.29 is 44.3 Å². The number of nitrogens with zero attached hydrogens (tertiary/aromatic N) is 1. The third-order valence-electron chi connectivity index (χ3n) is 3.94. The monoisotopic (exact) mass is 349 g/mol. The Balaban J connectivity index is 2.22. The molecule has 2 rings (SSSR count). The van der Waals surface area contributed by atoms with Crippen molar-refractivity contribution in [3.05, 3.63) is 0 Å². The van der Waals surface area contributed by atoms with Crippen molar-refractivity contribution in [2.24, 2.45) is 0 Å². The molecule has 3 amide bonds. The van der Waals surface area contributed by atoms with Gasteiger partial charge in [0.1, 0.15) is 18.3 Å². The lowest BCUT2D eigenvalue weighted by atomic mass is 10.1. The number of aliphatic carboxylic acids is 1. The quantitative estimate of drug-likeness (QED) is 0.259. The maximum atomic E-state index is 12.1. The molecule has 2 saturated heterocycles. The molecule has 12 heteroatoms. The minimum Gasteiger partial charge on any atom is -0.480 e. The molecule has 1 unspecified atom stereocenters. The van der Waals surface area contributed by atoms with Gasteiger partial charge in [-0.2, -0.15) is 0 Å². The summed E-state index contributed by atoms with van der Waals surface area (Å²) in [6.07, 6.45) is -5.43. The highest BCUT2D eigenvalue weighted by molar-refractivity contribution is 6.01. The fraction of sp³-hybridized carbons (Fsp3) is 0.750. The van der Waals surface area contributed by atoms with E-state index in [9.17, 15) is 24.6 Å². The average Bonchev–Trinajstić information content (AvgIpc) is 2.82. The lowest BCUT2D eigenvalue weighted by Crippen LogP contribution is -2.73. The molecule has 2 aliphatic heterocycles. The van der Waals surface area contributed by atoms with Gasteiger partial charge in [-0.15, -0.1) is 0 Å². The molecule has 6 N–H and O–H groups in total. The third kappa shape index (κ3) is 3.19. The number of imide groups is 1. The highest BCUT2D eigenvalue weighted by Gasteiger charge is 2.53. The molecule has 136 valence electrons. The first-order valence-electron chi connectivity index (χ1n) is 7.02. The molecule has 0 spiro atoms. The first-order chi connectivity index (χ1) is 11.3. The maximum absolute atomic E-state index is 12.1. The molecule has 2 heterocycles. The molecule has 0 saturated carbocycles. The number of methoxy groups -OCH3 is 1. The van der Waals surface area contributed by atoms with E-state index in [0.29, 0.717) is 0 Å². The molecule has 24 heavy (non-hydrogen) atoms. The smallest absolute Gasteiger partial charge is 0.326 e. The van der Waals surface area contributed by atoms with E-state index in [1.54, 1.807) is 0 Å². The van der Waals surface area contributed by atoms with E-state index < -0.39 is 67.9 Å². The summed E-state index contributed by atoms with van der Waals surface area (Å²) in [4.78, 5) is 35.7. The van der Waals surface area contributed by atoms with Gasteiger partial charge in [0.25, 0.3) is 5.91 Å². The predicted molar refractivity (Wildman–Crippen MR) is 73.4 cm³/mol. The number of hydrogen-bond donors (Lipinski definition) is 6. The molecular formula is C12H19N3O9. The van der Waals surface area contributed by atoms with Gasteiger partial charge in [0.2, 0.25) is 5.72 Å². The number of urea groups is 1. The Morgan fingerprint density at radius 1 is 1.46 bits per heavy atom. The van der Waals surface area contributed by atoms with Crippen molar-refractivity contribution in [3.63, 3.8) is 0 Å². The molecule has 5 atom stereocenters. The van der Waals surface area contributed by atoms with Crippen LogP contribution < -0.4 is 10.6 Å². The Morgan fingerprint density at radius 3 is 2.62 bits per heavy atom. The van der Waals surface area contributed by atoms with Crippen molar-refractivity contribution in [3.8, 4) is 0 Å². The number of carboxylic acid groups (broad SMARTS) is 1. The van der Waals surface area contributed by atoms with Crippen LogP contribution in [0.2, 0.25) is 0 Å². The summed E-state index contributed by atoms with van der Waals surface area (Å²) in [6.45, 7) is -1.69. The number of aliphatic hydroxyl groups is 3. The molecule has 0 aromatic heterocycles. The number of carbonyl (C=O) groups is 3. The van der Waals surface area contributed by atoms with E-state index in [1.165, 1.54) is 0 Å². The summed E-state index contributed by atoms with van der Waals surface area (Å²) >= 11 is 0. The topological polar surface area (TPSA) is 178 Å². The van der Waals surface area contributed by atoms with Gasteiger partial charge in [-0.1, -0.05) is 0 Å². The number of carboxylic acids is 1. The van der Waals surface area contributed by atoms with Crippen LogP contribution in [0.25, 0.3) is 0 Å². The zero-order valence-corrected chi connectivity index (χ0v) is 12.7. The first-order valence-corrected chi connectivity index (χ1v) is 7.02. The number of rotatable bonds is 6. The Morgan fingerprint density at radius 2 is 2.12 bits per heavy atom. The number of hydrogen-bond acceptors (Lipinski definition) is 9. The summed E-state index contributed by atoms with van der Waals surface area (Å²) in [5.74, 6) is -2.16. The summed E-state index contributed by atoms with van der Waals surface area (Å²) in [5.41, 5.74) is -1.88. The summed E-state index contributed by atoms with van der Waals surface area (Å²) in [6, 6.07) is -0.917. The highest BCUT2D eigenvalue weighted by atomic mass is 16.6. The predicted octanol–water partition coefficient (Wildman–Crippen LogP) is -4.01. The number of aliphatic hydroxyl groups excluding tert-OH is 3. The largest absolute Gasteiger partial charge is 0.480 e. The van der Waals surface area contributed by atoms with Crippen LogP contribution in [-0.4, -0.2) is 100 Å². The number of carbonyl (C=O) groups excluding carboxylic acids is 2. The van der Waals surface area contributed by atoms with Crippen LogP contribution in [0.5, 0.6) is 0 Å². The van der Waals surface area contributed by atoms with Crippen molar-refractivity contribution >= 4 is 17.9 Å². The van der Waals surface area contributed by atoms with Gasteiger partial charge in [-0.05, 0) is 0 Å². The van der Waals surface area contributed by atoms with Crippen LogP contribution >= 0.6 is 0 Å². The van der Waals surface area contributed by atoms with Gasteiger partial charge in [0, 0.05) is 7.11 Å². The number of nitrogens with one attached hydrogen (secondary N) is 2. The van der Waals surface area contributed by atoms with E-state index in [1.807, 2.05) is 5.32 Å². The Labute approximate surface area is 135 Å². The van der Waals surface area contributed by atoms with E-state index in [2.05, 4.69) is 5.32 Å². The highest BCUT2D eigenvalue weighted by Crippen LogP contribution is 2.27. The second kappa shape index (κ2) is 6.96. The number of ether oxygens (including phenoxy) is 2. The minimum absolute atomic E-state index is 0.478. The summed E-state index contributed by atoms with van der Waals surface area (Å²) in [5, 5.41) is 42.0. The third-order valence-corrected chi connectivity index (χ3v) is 3.94. The fourth-order valence-electron chi connectivity index (χ4n) is 2.58. The van der Waals surface area contributed by atoms with Crippen LogP contribution in [0.15, 0.2) is 0 Å². The van der Waals surface area contributed by atoms with Gasteiger partial charge in [0.15, 0.2) is 6.23 Å². The maximum Gasteiger partial charge on any atom is 0.326 e. The van der Waals surface area contributed by atoms with Crippen LogP contribution in [0.3, 0.4) is 0 Å². The van der Waals surface area contributed by atoms with E-state index >= 15 is 0 Å². The van der Waals surface area contributed by atoms with Crippen molar-refractivity contribution in [2.45, 2.75) is 30.3 Å². The van der Waals surface area contributed by atoms with Gasteiger partial charge < -0.3 is 29.9 Å². The molecular weight excluding hydrogens is 330 g/mol. The standard InChI is InChI=1S/C12H19N3O9/c1-23-12(13-2-6(17)18)4-15(11(22)14-10(12)21)9-8(20)7(19)5(3-16)24-9/h5,7-9,13,16,19-20H,2-4H2,1H3,(H,17,18)(H,14,21,22)/t5-,7-,8-,9-,12?/m1/s1. The van der Waals surface area contributed by atoms with Gasteiger partial charge in [-0.25, -0.2) is 4.79 Å². The normalized spacial score (nSPS) is 36.8. The first kappa shape index (κ1) is 18.5. The van der Waals surface area contributed by atoms with E-state index in [0.717, 1.165) is 12.0 Å². The zero-order valence-electron chi connectivity index (χ0n) is 12.7. The number of amides is 3. The van der Waals surface area contributed by atoms with Gasteiger partial charge in [0.05, 0.1) is 19.7 Å². The van der Waals surface area contributed by atoms with Gasteiger partial charge in [-0.3, -0.25) is 25.1 Å². The second-order valence-corrected chi connectivity index (χ2v) is 5.39. The Bertz CT molecular complexity index is 530. The molecule has 0 aromatic rings. The van der Waals surface area contributed by atoms with Crippen molar-refractivity contribution in [1.82, 2.24) is 15.5 Å². The van der Waals surface area contributed by atoms with Crippen LogP contribution in [0, 0.1) is 0 Å². The zero-order chi connectivity index (χ0) is 18.1. The Hall–Kier alpha value is -1.83. The van der Waals surface area contributed by atoms with Crippen LogP contribution in [0.4, 0.5) is 4.79 Å². The summed E-state index contributed by atoms with van der Waals surface area (Å²) in [7, 11) is 1.14. The second-order valence-electron chi connectivity index (χ2n) is 5.39. The molecule has 2 aliphatic rings. The molecule has 2 fully saturated rings. The fourth-order valence-corrected chi connectivity index (χ4v) is 2.58. The van der Waals surface area contributed by atoms with E-state index in [-0.39, 0.29) is 0 Å². The van der Waals surface area contributed by atoms with Gasteiger partial charge >= 0.3 is 12.0 Å². The Kier molecular flexibility index (Phi) is 5.37. The molecule has 0 bridgehead atoms. The van der Waals surface area contributed by atoms with Crippen LogP contribution in [0.1, 0.15) is 0 Å². The van der Waals surface area contributed by atoms with E-state index in [4.69, 9.17) is 19.7 Å². The van der Waals surface area contributed by atoms with Crippen molar-refractivity contribution in [1.29, 1.82) is 0 Å². The van der Waals surface area contributed by atoms with Crippen molar-refractivity contribution in [2.75, 3.05) is 26.8 Å². The minimum atomic E-state index is -1.88. The average molecular weight is 349 g/mol. The molecule has 0 aliphatic carbocycles. The molecule has 0 radical (unpaired) electrons. The van der Waals surface area contributed by atoms with Crippen LogP contribution in [-0.2, 0) is 19.1 Å². The lowest BCUT2D eigenvalue weighted by molar-refractivity contribution is -0.165. The molecule has 0 aromatic carbocycles. The molecule has 12 nitrogen and oxygen atoms in total. The lowest BCUT2D eigenvalue weighted by Gasteiger charge is -2.42.